The largest absolute Gasteiger partial charge is 0.493 e. The number of carbonyl (C=O) groups is 1. The summed E-state index contributed by atoms with van der Waals surface area (Å²) in [4.78, 5) is 17.7. The van der Waals surface area contributed by atoms with Crippen molar-refractivity contribution in [3.63, 3.8) is 0 Å². The number of hydrogen-bond acceptors (Lipinski definition) is 4. The molecular weight excluding hydrogens is 426 g/mol. The summed E-state index contributed by atoms with van der Waals surface area (Å²) in [5, 5.41) is 4.05. The van der Waals surface area contributed by atoms with Gasteiger partial charge in [0.2, 0.25) is 5.88 Å². The zero-order valence-corrected chi connectivity index (χ0v) is 20.0. The molecule has 0 radical (unpaired) electrons. The third-order valence-corrected chi connectivity index (χ3v) is 5.81. The minimum Gasteiger partial charge on any atom is -0.493 e. The number of rotatable bonds is 8. The van der Waals surface area contributed by atoms with E-state index < -0.39 is 0 Å². The lowest BCUT2D eigenvalue weighted by atomic mass is 10.0. The van der Waals surface area contributed by atoms with Gasteiger partial charge in [0, 0.05) is 23.5 Å². The highest BCUT2D eigenvalue weighted by molar-refractivity contribution is 6.08. The van der Waals surface area contributed by atoms with Gasteiger partial charge in [-0.2, -0.15) is 0 Å². The minimum atomic E-state index is -0.193. The van der Waals surface area contributed by atoms with Crippen LogP contribution in [0, 0.1) is 6.92 Å². The maximum Gasteiger partial charge on any atom is 0.272 e. The summed E-state index contributed by atoms with van der Waals surface area (Å²) in [6.07, 6.45) is 3.38. The molecule has 4 aromatic rings. The summed E-state index contributed by atoms with van der Waals surface area (Å²) >= 11 is 0. The van der Waals surface area contributed by atoms with E-state index in [2.05, 4.69) is 48.9 Å². The highest BCUT2D eigenvalue weighted by Gasteiger charge is 2.21. The zero-order chi connectivity index (χ0) is 24.2. The Balaban J connectivity index is 1.59. The van der Waals surface area contributed by atoms with Crippen molar-refractivity contribution >= 4 is 22.5 Å². The van der Waals surface area contributed by atoms with Gasteiger partial charge in [-0.25, -0.2) is 4.98 Å². The molecule has 0 unspecified atom stereocenters. The number of anilines is 1. The van der Waals surface area contributed by atoms with Crippen molar-refractivity contribution in [1.29, 1.82) is 0 Å². The normalized spacial score (nSPS) is 11.0. The van der Waals surface area contributed by atoms with E-state index in [4.69, 9.17) is 9.47 Å². The van der Waals surface area contributed by atoms with Gasteiger partial charge >= 0.3 is 0 Å². The molecular formula is C28H29N3O3. The molecule has 0 fully saturated rings. The van der Waals surface area contributed by atoms with Gasteiger partial charge in [0.05, 0.1) is 19.0 Å². The van der Waals surface area contributed by atoms with Crippen LogP contribution in [0.5, 0.6) is 17.4 Å². The fourth-order valence-corrected chi connectivity index (χ4v) is 4.03. The minimum absolute atomic E-state index is 0.193. The molecule has 1 N–H and O–H groups in total. The molecule has 34 heavy (non-hydrogen) atoms. The number of aryl methyl sites for hydroxylation is 1. The van der Waals surface area contributed by atoms with Gasteiger partial charge in [-0.1, -0.05) is 38.1 Å². The maximum absolute atomic E-state index is 13.3. The Kier molecular flexibility index (Phi) is 6.68. The number of hydrogen-bond donors (Lipinski definition) is 1. The van der Waals surface area contributed by atoms with Gasteiger partial charge < -0.3 is 19.4 Å². The number of ether oxygens (including phenoxy) is 2. The molecule has 0 spiro atoms. The Bertz CT molecular complexity index is 1340. The van der Waals surface area contributed by atoms with Crippen LogP contribution in [0.3, 0.4) is 0 Å². The fourth-order valence-electron chi connectivity index (χ4n) is 4.03. The molecule has 0 bridgehead atoms. The van der Waals surface area contributed by atoms with Crippen molar-refractivity contribution in [2.75, 3.05) is 12.4 Å². The van der Waals surface area contributed by atoms with Crippen LogP contribution < -0.4 is 14.8 Å². The number of carbonyl (C=O) groups excluding carboxylic acids is 1. The Morgan fingerprint density at radius 1 is 1.15 bits per heavy atom. The molecule has 174 valence electrons. The number of methoxy groups -OCH3 is 1. The number of fused-ring (bicyclic) bond motifs is 1. The summed E-state index contributed by atoms with van der Waals surface area (Å²) in [5.74, 6) is 1.81. The number of allylic oxidation sites excluding steroid dienone is 1. The monoisotopic (exact) mass is 455 g/mol. The van der Waals surface area contributed by atoms with Gasteiger partial charge in [-0.15, -0.1) is 6.58 Å². The van der Waals surface area contributed by atoms with Crippen LogP contribution in [0.2, 0.25) is 0 Å². The first-order valence-corrected chi connectivity index (χ1v) is 11.2. The topological polar surface area (TPSA) is 65.4 Å². The van der Waals surface area contributed by atoms with E-state index in [0.717, 1.165) is 16.5 Å². The lowest BCUT2D eigenvalue weighted by Gasteiger charge is -2.11. The summed E-state index contributed by atoms with van der Waals surface area (Å²) in [5.41, 5.74) is 4.40. The van der Waals surface area contributed by atoms with Crippen molar-refractivity contribution in [2.24, 2.45) is 0 Å². The van der Waals surface area contributed by atoms with Gasteiger partial charge in [-0.3, -0.25) is 4.79 Å². The van der Waals surface area contributed by atoms with E-state index in [0.29, 0.717) is 41.2 Å². The molecule has 0 saturated carbocycles. The van der Waals surface area contributed by atoms with Gasteiger partial charge in [-0.05, 0) is 54.3 Å². The highest BCUT2D eigenvalue weighted by Crippen LogP contribution is 2.31. The second-order valence-corrected chi connectivity index (χ2v) is 8.40. The maximum atomic E-state index is 13.3. The summed E-state index contributed by atoms with van der Waals surface area (Å²) in [7, 11) is 1.59. The average molecular weight is 456 g/mol. The summed E-state index contributed by atoms with van der Waals surface area (Å²) in [6.45, 7) is 10.7. The molecule has 1 amide bonds. The number of para-hydroxylation sites is 2. The highest BCUT2D eigenvalue weighted by atomic mass is 16.5. The van der Waals surface area contributed by atoms with E-state index >= 15 is 0 Å². The number of nitrogens with zero attached hydrogens (tertiary/aromatic N) is 2. The molecule has 6 nitrogen and oxygen atoms in total. The van der Waals surface area contributed by atoms with E-state index in [1.807, 2.05) is 35.8 Å². The van der Waals surface area contributed by atoms with Crippen LogP contribution in [0.1, 0.15) is 41.4 Å². The van der Waals surface area contributed by atoms with E-state index in [9.17, 15) is 4.79 Å². The molecule has 2 aromatic carbocycles. The van der Waals surface area contributed by atoms with Gasteiger partial charge in [0.1, 0.15) is 5.69 Å². The third-order valence-electron chi connectivity index (χ3n) is 5.81. The lowest BCUT2D eigenvalue weighted by molar-refractivity contribution is 0.101. The number of aromatic nitrogens is 2. The summed E-state index contributed by atoms with van der Waals surface area (Å²) in [6, 6.07) is 17.2. The fraction of sp³-hybridized carbons (Fsp3) is 0.214. The number of benzene rings is 2. The van der Waals surface area contributed by atoms with Crippen molar-refractivity contribution < 1.29 is 14.3 Å². The lowest BCUT2D eigenvalue weighted by Crippen LogP contribution is -2.18. The first-order chi connectivity index (χ1) is 16.4. The SMILES string of the molecule is C=CCn1c(C(=O)Nc2ccc(Oc3ccccc3OC)nc2)c(C)c2cc(C(C)C)ccc21. The third kappa shape index (κ3) is 4.53. The van der Waals surface area contributed by atoms with Crippen LogP contribution in [0.25, 0.3) is 10.9 Å². The van der Waals surface area contributed by atoms with E-state index in [1.54, 1.807) is 31.5 Å². The molecule has 0 aliphatic carbocycles. The van der Waals surface area contributed by atoms with Crippen molar-refractivity contribution in [3.05, 3.63) is 90.3 Å². The molecule has 4 rings (SSSR count). The zero-order valence-electron chi connectivity index (χ0n) is 20.0. The molecule has 0 atom stereocenters. The average Bonchev–Trinajstić information content (AvgIpc) is 3.12. The molecule has 0 aliphatic heterocycles. The van der Waals surface area contributed by atoms with Crippen molar-refractivity contribution in [1.82, 2.24) is 9.55 Å². The number of pyridine rings is 1. The quantitative estimate of drug-likeness (QED) is 0.300. The Labute approximate surface area is 199 Å². The van der Waals surface area contributed by atoms with Gasteiger partial charge in [0.25, 0.3) is 5.91 Å². The van der Waals surface area contributed by atoms with Gasteiger partial charge in [0.15, 0.2) is 11.5 Å². The smallest absolute Gasteiger partial charge is 0.272 e. The first kappa shape index (κ1) is 23.1. The molecule has 0 saturated heterocycles. The number of nitrogens with one attached hydrogen (secondary N) is 1. The molecule has 2 heterocycles. The molecule has 0 aliphatic rings. The van der Waals surface area contributed by atoms with Crippen LogP contribution in [0.4, 0.5) is 5.69 Å². The standard InChI is InChI=1S/C28H29N3O3/c1-6-15-31-23-13-11-20(18(2)3)16-22(23)19(4)27(31)28(32)30-21-12-14-26(29-17-21)34-25-10-8-7-9-24(25)33-5/h6-14,16-18H,1,15H2,2-5H3,(H,30,32). The Morgan fingerprint density at radius 2 is 1.91 bits per heavy atom. The van der Waals surface area contributed by atoms with Crippen LogP contribution in [-0.4, -0.2) is 22.6 Å². The van der Waals surface area contributed by atoms with E-state index in [1.165, 1.54) is 5.56 Å². The van der Waals surface area contributed by atoms with Crippen LogP contribution in [0.15, 0.2) is 73.4 Å². The second kappa shape index (κ2) is 9.83. The first-order valence-electron chi connectivity index (χ1n) is 11.2. The molecule has 6 heteroatoms. The van der Waals surface area contributed by atoms with Crippen molar-refractivity contribution in [3.8, 4) is 17.4 Å². The van der Waals surface area contributed by atoms with E-state index in [-0.39, 0.29) is 5.91 Å². The van der Waals surface area contributed by atoms with Crippen LogP contribution >= 0.6 is 0 Å². The predicted molar refractivity (Wildman–Crippen MR) is 136 cm³/mol. The molecule has 2 aromatic heterocycles. The Hall–Kier alpha value is -4.06. The van der Waals surface area contributed by atoms with Crippen molar-refractivity contribution in [2.45, 2.75) is 33.2 Å². The predicted octanol–water partition coefficient (Wildman–Crippen LogP) is 6.71. The van der Waals surface area contributed by atoms with Crippen LogP contribution in [-0.2, 0) is 6.54 Å². The number of amides is 1. The second-order valence-electron chi connectivity index (χ2n) is 8.40. The summed E-state index contributed by atoms with van der Waals surface area (Å²) < 4.78 is 13.1. The Morgan fingerprint density at radius 3 is 2.56 bits per heavy atom.